The lowest BCUT2D eigenvalue weighted by atomic mass is 9.92. The van der Waals surface area contributed by atoms with Crippen LogP contribution in [0.25, 0.3) is 0 Å². The summed E-state index contributed by atoms with van der Waals surface area (Å²) in [5.74, 6) is -0.661. The van der Waals surface area contributed by atoms with Crippen LogP contribution in [0.3, 0.4) is 0 Å². The lowest BCUT2D eigenvalue weighted by Gasteiger charge is -2.34. The summed E-state index contributed by atoms with van der Waals surface area (Å²) >= 11 is 3.49. The van der Waals surface area contributed by atoms with Gasteiger partial charge in [-0.05, 0) is 74.2 Å². The SMILES string of the molecule is Cc1ccc(S(=O)(=O)CC2CN(S(=O)(=O)c3c(C)cc(C)cc3C)Cc3ccc(Br)cc32)cc1. The van der Waals surface area contributed by atoms with Gasteiger partial charge >= 0.3 is 0 Å². The maximum Gasteiger partial charge on any atom is 0.243 e. The molecule has 0 fully saturated rings. The molecule has 0 spiro atoms. The van der Waals surface area contributed by atoms with E-state index in [-0.39, 0.29) is 23.7 Å². The van der Waals surface area contributed by atoms with Gasteiger partial charge in [-0.3, -0.25) is 0 Å². The lowest BCUT2D eigenvalue weighted by Crippen LogP contribution is -2.40. The molecular formula is C26H28BrNO4S2. The van der Waals surface area contributed by atoms with Crippen LogP contribution in [-0.4, -0.2) is 33.4 Å². The van der Waals surface area contributed by atoms with E-state index in [1.807, 2.05) is 44.2 Å². The zero-order chi connectivity index (χ0) is 24.8. The number of sulfonamides is 1. The number of hydrogen-bond donors (Lipinski definition) is 0. The molecule has 0 aromatic heterocycles. The molecule has 0 saturated carbocycles. The first-order valence-electron chi connectivity index (χ1n) is 11.0. The summed E-state index contributed by atoms with van der Waals surface area (Å²) in [6, 6.07) is 16.2. The Kier molecular flexibility index (Phi) is 6.81. The molecule has 1 aliphatic heterocycles. The van der Waals surface area contributed by atoms with E-state index in [0.717, 1.165) is 26.7 Å². The van der Waals surface area contributed by atoms with E-state index >= 15 is 0 Å². The summed E-state index contributed by atoms with van der Waals surface area (Å²) in [6.45, 7) is 7.77. The summed E-state index contributed by atoms with van der Waals surface area (Å²) in [7, 11) is -7.45. The van der Waals surface area contributed by atoms with Crippen molar-refractivity contribution in [2.45, 2.75) is 49.9 Å². The van der Waals surface area contributed by atoms with Gasteiger partial charge in [0.05, 0.1) is 15.5 Å². The molecule has 0 aliphatic carbocycles. The van der Waals surface area contributed by atoms with Crippen molar-refractivity contribution < 1.29 is 16.8 Å². The highest BCUT2D eigenvalue weighted by atomic mass is 79.9. The van der Waals surface area contributed by atoms with E-state index < -0.39 is 25.8 Å². The molecule has 0 saturated heterocycles. The second kappa shape index (κ2) is 9.22. The number of nitrogens with zero attached hydrogens (tertiary/aromatic N) is 1. The summed E-state index contributed by atoms with van der Waals surface area (Å²) in [6.07, 6.45) is 0. The molecule has 1 unspecified atom stereocenters. The minimum absolute atomic E-state index is 0.101. The van der Waals surface area contributed by atoms with Crippen LogP contribution in [0.4, 0.5) is 0 Å². The van der Waals surface area contributed by atoms with Crippen LogP contribution in [0.5, 0.6) is 0 Å². The third kappa shape index (κ3) is 4.87. The Labute approximate surface area is 210 Å². The smallest absolute Gasteiger partial charge is 0.224 e. The Bertz CT molecular complexity index is 1440. The molecule has 0 radical (unpaired) electrons. The molecule has 34 heavy (non-hydrogen) atoms. The van der Waals surface area contributed by atoms with Crippen LogP contribution in [0.1, 0.15) is 39.3 Å². The Morgan fingerprint density at radius 1 is 0.853 bits per heavy atom. The molecule has 1 heterocycles. The molecule has 5 nitrogen and oxygen atoms in total. The Hall–Kier alpha value is -2.00. The van der Waals surface area contributed by atoms with E-state index in [4.69, 9.17) is 0 Å². The van der Waals surface area contributed by atoms with Crippen molar-refractivity contribution in [3.63, 3.8) is 0 Å². The zero-order valence-electron chi connectivity index (χ0n) is 19.7. The predicted octanol–water partition coefficient (Wildman–Crippen LogP) is 5.44. The molecule has 0 amide bonds. The van der Waals surface area contributed by atoms with Crippen molar-refractivity contribution >= 4 is 35.8 Å². The van der Waals surface area contributed by atoms with Crippen LogP contribution in [-0.2, 0) is 26.4 Å². The van der Waals surface area contributed by atoms with Crippen LogP contribution >= 0.6 is 15.9 Å². The van der Waals surface area contributed by atoms with Gasteiger partial charge in [0.1, 0.15) is 0 Å². The van der Waals surface area contributed by atoms with Crippen LogP contribution < -0.4 is 0 Å². The first kappa shape index (κ1) is 25.1. The summed E-state index contributed by atoms with van der Waals surface area (Å²) in [5.41, 5.74) is 5.07. The number of hydrogen-bond acceptors (Lipinski definition) is 4. The van der Waals surface area contributed by atoms with Crippen molar-refractivity contribution in [3.05, 3.63) is 92.5 Å². The molecule has 0 N–H and O–H groups in total. The Balaban J connectivity index is 1.76. The second-order valence-electron chi connectivity index (χ2n) is 9.16. The molecule has 0 bridgehead atoms. The van der Waals surface area contributed by atoms with E-state index in [2.05, 4.69) is 15.9 Å². The normalized spacial score (nSPS) is 16.9. The van der Waals surface area contributed by atoms with Crippen molar-refractivity contribution in [1.29, 1.82) is 0 Å². The first-order chi connectivity index (χ1) is 15.9. The van der Waals surface area contributed by atoms with Gasteiger partial charge < -0.3 is 0 Å². The zero-order valence-corrected chi connectivity index (χ0v) is 22.9. The summed E-state index contributed by atoms with van der Waals surface area (Å²) in [4.78, 5) is 0.554. The third-order valence-electron chi connectivity index (χ3n) is 6.32. The highest BCUT2D eigenvalue weighted by Crippen LogP contribution is 2.36. The van der Waals surface area contributed by atoms with Gasteiger partial charge in [0.25, 0.3) is 0 Å². The fourth-order valence-electron chi connectivity index (χ4n) is 4.82. The largest absolute Gasteiger partial charge is 0.243 e. The Morgan fingerprint density at radius 3 is 2.09 bits per heavy atom. The van der Waals surface area contributed by atoms with Crippen molar-refractivity contribution in [1.82, 2.24) is 4.31 Å². The van der Waals surface area contributed by atoms with Crippen molar-refractivity contribution in [2.75, 3.05) is 12.3 Å². The molecule has 180 valence electrons. The fourth-order valence-corrected chi connectivity index (χ4v) is 8.64. The van der Waals surface area contributed by atoms with E-state index in [0.29, 0.717) is 16.0 Å². The van der Waals surface area contributed by atoms with E-state index in [9.17, 15) is 16.8 Å². The average molecular weight is 563 g/mol. The third-order valence-corrected chi connectivity index (χ3v) is 10.8. The number of benzene rings is 3. The number of rotatable bonds is 5. The topological polar surface area (TPSA) is 71.5 Å². The highest BCUT2D eigenvalue weighted by Gasteiger charge is 2.37. The second-order valence-corrected chi connectivity index (χ2v) is 14.0. The van der Waals surface area contributed by atoms with Gasteiger partial charge in [-0.25, -0.2) is 16.8 Å². The molecule has 3 aromatic carbocycles. The van der Waals surface area contributed by atoms with E-state index in [1.54, 1.807) is 38.1 Å². The molecule has 3 aromatic rings. The number of fused-ring (bicyclic) bond motifs is 1. The number of sulfone groups is 1. The first-order valence-corrected chi connectivity index (χ1v) is 14.9. The van der Waals surface area contributed by atoms with Crippen molar-refractivity contribution in [2.24, 2.45) is 0 Å². The summed E-state index contributed by atoms with van der Waals surface area (Å²) in [5, 5.41) is 0. The average Bonchev–Trinajstić information content (AvgIpc) is 2.73. The highest BCUT2D eigenvalue weighted by molar-refractivity contribution is 9.10. The maximum absolute atomic E-state index is 13.8. The number of halogens is 1. The van der Waals surface area contributed by atoms with Gasteiger partial charge in [-0.15, -0.1) is 0 Å². The van der Waals surface area contributed by atoms with Crippen LogP contribution in [0, 0.1) is 27.7 Å². The Morgan fingerprint density at radius 2 is 1.47 bits per heavy atom. The molecule has 4 rings (SSSR count). The van der Waals surface area contributed by atoms with Gasteiger partial charge in [0, 0.05) is 23.5 Å². The van der Waals surface area contributed by atoms with Gasteiger partial charge in [0.2, 0.25) is 10.0 Å². The molecule has 8 heteroatoms. The number of aryl methyl sites for hydroxylation is 4. The van der Waals surface area contributed by atoms with Gasteiger partial charge in [0.15, 0.2) is 9.84 Å². The summed E-state index contributed by atoms with van der Waals surface area (Å²) < 4.78 is 56.5. The standard InChI is InChI=1S/C26H28BrNO4S2/c1-17-5-9-24(10-6-17)33(29,30)16-22-15-28(14-21-7-8-23(27)13-25(21)22)34(31,32)26-19(3)11-18(2)12-20(26)4/h5-13,22H,14-16H2,1-4H3. The quantitative estimate of drug-likeness (QED) is 0.415. The van der Waals surface area contributed by atoms with Gasteiger partial charge in [-0.2, -0.15) is 4.31 Å². The molecule has 1 atom stereocenters. The van der Waals surface area contributed by atoms with Crippen LogP contribution in [0.15, 0.2) is 68.9 Å². The van der Waals surface area contributed by atoms with Crippen molar-refractivity contribution in [3.8, 4) is 0 Å². The molecular weight excluding hydrogens is 534 g/mol. The molecule has 1 aliphatic rings. The maximum atomic E-state index is 13.8. The van der Waals surface area contributed by atoms with Gasteiger partial charge in [-0.1, -0.05) is 57.4 Å². The minimum atomic E-state index is -3.82. The van der Waals surface area contributed by atoms with Crippen LogP contribution in [0.2, 0.25) is 0 Å². The van der Waals surface area contributed by atoms with E-state index in [1.165, 1.54) is 4.31 Å². The monoisotopic (exact) mass is 561 g/mol. The fraction of sp³-hybridized carbons (Fsp3) is 0.308. The minimum Gasteiger partial charge on any atom is -0.224 e. The predicted molar refractivity (Wildman–Crippen MR) is 138 cm³/mol. The lowest BCUT2D eigenvalue weighted by molar-refractivity contribution is 0.363.